The molecule has 0 fully saturated rings. The third-order valence-corrected chi connectivity index (χ3v) is 5.01. The number of hydrogen-bond donors (Lipinski definition) is 1. The van der Waals surface area contributed by atoms with Crippen molar-refractivity contribution in [3.8, 4) is 0 Å². The Morgan fingerprint density at radius 3 is 2.25 bits per heavy atom. The Morgan fingerprint density at radius 2 is 1.80 bits per heavy atom. The van der Waals surface area contributed by atoms with Gasteiger partial charge in [-0.1, -0.05) is 44.2 Å². The SMILES string of the molecule is CCC(CC)(c1ccccc1)C(NC)c1occc1Br. The lowest BCUT2D eigenvalue weighted by atomic mass is 9.69. The van der Waals surface area contributed by atoms with Gasteiger partial charge in [0.25, 0.3) is 0 Å². The molecule has 1 atom stereocenters. The van der Waals surface area contributed by atoms with Crippen LogP contribution in [0.3, 0.4) is 0 Å². The second-order valence-corrected chi connectivity index (χ2v) is 5.94. The van der Waals surface area contributed by atoms with Gasteiger partial charge in [0, 0.05) is 5.41 Å². The van der Waals surface area contributed by atoms with Gasteiger partial charge >= 0.3 is 0 Å². The van der Waals surface area contributed by atoms with Crippen molar-refractivity contribution >= 4 is 15.9 Å². The van der Waals surface area contributed by atoms with Gasteiger partial charge in [-0.15, -0.1) is 0 Å². The Hall–Kier alpha value is -1.06. The average Bonchev–Trinajstić information content (AvgIpc) is 2.91. The molecule has 0 aliphatic rings. The lowest BCUT2D eigenvalue weighted by Gasteiger charge is -2.39. The molecular weight excluding hydrogens is 314 g/mol. The largest absolute Gasteiger partial charge is 0.466 e. The van der Waals surface area contributed by atoms with Crippen molar-refractivity contribution in [3.63, 3.8) is 0 Å². The quantitative estimate of drug-likeness (QED) is 0.797. The Morgan fingerprint density at radius 1 is 1.15 bits per heavy atom. The van der Waals surface area contributed by atoms with E-state index >= 15 is 0 Å². The fourth-order valence-corrected chi connectivity index (χ4v) is 3.60. The number of rotatable bonds is 6. The number of furan rings is 1. The first kappa shape index (κ1) is 15.3. The van der Waals surface area contributed by atoms with E-state index in [1.807, 2.05) is 13.1 Å². The molecular formula is C17H22BrNO. The minimum Gasteiger partial charge on any atom is -0.466 e. The van der Waals surface area contributed by atoms with Crippen LogP contribution in [0.25, 0.3) is 0 Å². The average molecular weight is 336 g/mol. The Balaban J connectivity index is 2.54. The van der Waals surface area contributed by atoms with Crippen molar-refractivity contribution in [1.82, 2.24) is 5.32 Å². The van der Waals surface area contributed by atoms with Crippen molar-refractivity contribution in [2.24, 2.45) is 0 Å². The van der Waals surface area contributed by atoms with Crippen LogP contribution in [0.4, 0.5) is 0 Å². The zero-order chi connectivity index (χ0) is 14.6. The summed E-state index contributed by atoms with van der Waals surface area (Å²) in [5.41, 5.74) is 1.38. The smallest absolute Gasteiger partial charge is 0.135 e. The predicted octanol–water partition coefficient (Wildman–Crippen LogP) is 5.06. The molecule has 1 N–H and O–H groups in total. The van der Waals surface area contributed by atoms with E-state index in [2.05, 4.69) is 65.4 Å². The molecule has 0 aliphatic heterocycles. The van der Waals surface area contributed by atoms with Crippen molar-refractivity contribution in [1.29, 1.82) is 0 Å². The van der Waals surface area contributed by atoms with Gasteiger partial charge in [0.2, 0.25) is 0 Å². The van der Waals surface area contributed by atoms with E-state index in [-0.39, 0.29) is 11.5 Å². The molecule has 20 heavy (non-hydrogen) atoms. The van der Waals surface area contributed by atoms with Crippen LogP contribution in [-0.2, 0) is 5.41 Å². The topological polar surface area (TPSA) is 25.2 Å². The van der Waals surface area contributed by atoms with Crippen LogP contribution < -0.4 is 5.32 Å². The van der Waals surface area contributed by atoms with E-state index in [0.717, 1.165) is 23.1 Å². The predicted molar refractivity (Wildman–Crippen MR) is 86.9 cm³/mol. The molecule has 0 radical (unpaired) electrons. The zero-order valence-electron chi connectivity index (χ0n) is 12.3. The van der Waals surface area contributed by atoms with Crippen LogP contribution in [0.1, 0.15) is 44.1 Å². The van der Waals surface area contributed by atoms with Gasteiger partial charge in [0.1, 0.15) is 5.76 Å². The molecule has 2 aromatic rings. The molecule has 1 aromatic heterocycles. The summed E-state index contributed by atoms with van der Waals surface area (Å²) >= 11 is 3.60. The van der Waals surface area contributed by atoms with Gasteiger partial charge in [0.15, 0.2) is 0 Å². The monoisotopic (exact) mass is 335 g/mol. The van der Waals surface area contributed by atoms with E-state index in [9.17, 15) is 0 Å². The summed E-state index contributed by atoms with van der Waals surface area (Å²) < 4.78 is 6.77. The number of likely N-dealkylation sites (N-methyl/N-ethyl adjacent to an activating group) is 1. The summed E-state index contributed by atoms with van der Waals surface area (Å²) in [5.74, 6) is 0.972. The molecule has 2 nitrogen and oxygen atoms in total. The third-order valence-electron chi connectivity index (χ3n) is 4.36. The molecule has 108 valence electrons. The first-order valence-electron chi connectivity index (χ1n) is 7.15. The number of nitrogens with one attached hydrogen (secondary N) is 1. The van der Waals surface area contributed by atoms with E-state index in [1.165, 1.54) is 5.56 Å². The van der Waals surface area contributed by atoms with Crippen molar-refractivity contribution in [2.75, 3.05) is 7.05 Å². The van der Waals surface area contributed by atoms with Crippen LogP contribution in [0.15, 0.2) is 51.6 Å². The summed E-state index contributed by atoms with van der Waals surface area (Å²) in [6, 6.07) is 12.8. The summed E-state index contributed by atoms with van der Waals surface area (Å²) in [6.07, 6.45) is 3.84. The lowest BCUT2D eigenvalue weighted by Crippen LogP contribution is -2.39. The van der Waals surface area contributed by atoms with Gasteiger partial charge < -0.3 is 9.73 Å². The Kier molecular flexibility index (Phi) is 5.06. The summed E-state index contributed by atoms with van der Waals surface area (Å²) in [4.78, 5) is 0. The maximum atomic E-state index is 5.74. The molecule has 0 saturated carbocycles. The molecule has 0 bridgehead atoms. The number of benzene rings is 1. The molecule has 0 saturated heterocycles. The normalized spacial score (nSPS) is 13.4. The van der Waals surface area contributed by atoms with Crippen molar-refractivity contribution in [3.05, 3.63) is 58.5 Å². The van der Waals surface area contributed by atoms with Crippen LogP contribution in [0.2, 0.25) is 0 Å². The first-order chi connectivity index (χ1) is 9.69. The molecule has 0 spiro atoms. The van der Waals surface area contributed by atoms with E-state index in [0.29, 0.717) is 0 Å². The fraction of sp³-hybridized carbons (Fsp3) is 0.412. The highest BCUT2D eigenvalue weighted by Gasteiger charge is 2.40. The van der Waals surface area contributed by atoms with Crippen molar-refractivity contribution in [2.45, 2.75) is 38.1 Å². The van der Waals surface area contributed by atoms with Gasteiger partial charge in [-0.05, 0) is 47.4 Å². The van der Waals surface area contributed by atoms with E-state index < -0.39 is 0 Å². The minimum absolute atomic E-state index is 0.0242. The second kappa shape index (κ2) is 6.59. The van der Waals surface area contributed by atoms with Gasteiger partial charge in [-0.2, -0.15) is 0 Å². The summed E-state index contributed by atoms with van der Waals surface area (Å²) in [6.45, 7) is 4.50. The molecule has 0 amide bonds. The number of hydrogen-bond acceptors (Lipinski definition) is 2. The summed E-state index contributed by atoms with van der Waals surface area (Å²) in [7, 11) is 2.00. The first-order valence-corrected chi connectivity index (χ1v) is 7.94. The maximum Gasteiger partial charge on any atom is 0.135 e. The fourth-order valence-electron chi connectivity index (χ4n) is 3.17. The van der Waals surface area contributed by atoms with Gasteiger partial charge in [-0.3, -0.25) is 0 Å². The second-order valence-electron chi connectivity index (χ2n) is 5.08. The van der Waals surface area contributed by atoms with Crippen LogP contribution >= 0.6 is 15.9 Å². The zero-order valence-corrected chi connectivity index (χ0v) is 13.9. The highest BCUT2D eigenvalue weighted by atomic mass is 79.9. The number of halogens is 1. The Bertz CT molecular complexity index is 531. The highest BCUT2D eigenvalue weighted by molar-refractivity contribution is 9.10. The third kappa shape index (κ3) is 2.57. The molecule has 2 rings (SSSR count). The molecule has 1 unspecified atom stereocenters. The van der Waals surface area contributed by atoms with Crippen molar-refractivity contribution < 1.29 is 4.42 Å². The molecule has 0 aliphatic carbocycles. The minimum atomic E-state index is 0.0242. The van der Waals surface area contributed by atoms with Crippen LogP contribution in [0, 0.1) is 0 Å². The summed E-state index contributed by atoms with van der Waals surface area (Å²) in [5, 5.41) is 3.46. The highest BCUT2D eigenvalue weighted by Crippen LogP contribution is 2.44. The molecule has 1 heterocycles. The van der Waals surface area contributed by atoms with E-state index in [4.69, 9.17) is 4.42 Å². The lowest BCUT2D eigenvalue weighted by molar-refractivity contribution is 0.251. The maximum absolute atomic E-state index is 5.74. The van der Waals surface area contributed by atoms with Gasteiger partial charge in [0.05, 0.1) is 16.8 Å². The standard InChI is InChI=1S/C17H22BrNO/c1-4-17(5-2,13-9-7-6-8-10-13)16(19-3)15-14(18)11-12-20-15/h6-12,16,19H,4-5H2,1-3H3. The van der Waals surface area contributed by atoms with Gasteiger partial charge in [-0.25, -0.2) is 0 Å². The Labute approximate surface area is 129 Å². The van der Waals surface area contributed by atoms with E-state index in [1.54, 1.807) is 6.26 Å². The molecule has 1 aromatic carbocycles. The van der Waals surface area contributed by atoms with Crippen LogP contribution in [-0.4, -0.2) is 7.05 Å². The molecule has 3 heteroatoms. The van der Waals surface area contributed by atoms with Crippen LogP contribution in [0.5, 0.6) is 0 Å².